The fraction of sp³-hybridized carbons (Fsp3) is 0.364. The molecule has 110 valence electrons. The van der Waals surface area contributed by atoms with Gasteiger partial charge in [-0.1, -0.05) is 17.7 Å². The van der Waals surface area contributed by atoms with Crippen molar-refractivity contribution in [3.8, 4) is 0 Å². The van der Waals surface area contributed by atoms with Crippen LogP contribution in [0.1, 0.15) is 6.92 Å². The highest BCUT2D eigenvalue weighted by atomic mass is 35.5. The van der Waals surface area contributed by atoms with Crippen LogP contribution in [-0.4, -0.2) is 41.0 Å². The lowest BCUT2D eigenvalue weighted by molar-refractivity contribution is -0.140. The van der Waals surface area contributed by atoms with E-state index in [2.05, 4.69) is 0 Å². The minimum Gasteiger partial charge on any atom is -0.480 e. The van der Waals surface area contributed by atoms with Gasteiger partial charge in [0.25, 0.3) is 0 Å². The number of rotatable bonds is 3. The number of hydrogen-bond acceptors (Lipinski definition) is 4. The summed E-state index contributed by atoms with van der Waals surface area (Å²) in [4.78, 5) is 10.5. The molecule has 1 aliphatic heterocycles. The van der Waals surface area contributed by atoms with Crippen LogP contribution in [0, 0.1) is 5.82 Å². The van der Waals surface area contributed by atoms with Crippen LogP contribution in [0.4, 0.5) is 4.39 Å². The number of nitrogens with zero attached hydrogens (tertiary/aromatic N) is 1. The van der Waals surface area contributed by atoms with E-state index >= 15 is 0 Å². The zero-order valence-corrected chi connectivity index (χ0v) is 12.7. The van der Waals surface area contributed by atoms with Crippen molar-refractivity contribution in [2.24, 2.45) is 0 Å². The van der Waals surface area contributed by atoms with Gasteiger partial charge in [0.05, 0.1) is 10.4 Å². The summed E-state index contributed by atoms with van der Waals surface area (Å²) in [5.74, 6) is -2.20. The Hall–Kier alpha value is -0.830. The molecule has 9 heteroatoms. The van der Waals surface area contributed by atoms with E-state index in [0.717, 1.165) is 10.4 Å². The van der Waals surface area contributed by atoms with Gasteiger partial charge in [-0.3, -0.25) is 4.79 Å². The number of benzene rings is 1. The first-order valence-electron chi connectivity index (χ1n) is 5.58. The molecule has 2 unspecified atom stereocenters. The third kappa shape index (κ3) is 2.52. The number of aliphatic carboxylic acids is 1. The Kier molecular flexibility index (Phi) is 4.29. The Labute approximate surface area is 124 Å². The highest BCUT2D eigenvalue weighted by Crippen LogP contribution is 2.35. The predicted octanol–water partition coefficient (Wildman–Crippen LogP) is 2.02. The van der Waals surface area contributed by atoms with Crippen LogP contribution in [0.15, 0.2) is 23.1 Å². The maximum atomic E-state index is 13.9. The van der Waals surface area contributed by atoms with Crippen molar-refractivity contribution in [1.29, 1.82) is 0 Å². The summed E-state index contributed by atoms with van der Waals surface area (Å²) >= 11 is 6.77. The topological polar surface area (TPSA) is 74.7 Å². The molecule has 2 atom stereocenters. The molecule has 0 amide bonds. The third-order valence-corrected chi connectivity index (χ3v) is 6.56. The average Bonchev–Trinajstić information content (AvgIpc) is 2.75. The molecule has 1 fully saturated rings. The summed E-state index contributed by atoms with van der Waals surface area (Å²) in [7, 11) is -4.26. The van der Waals surface area contributed by atoms with Gasteiger partial charge in [-0.05, 0) is 19.1 Å². The lowest BCUT2D eigenvalue weighted by Crippen LogP contribution is -2.44. The Morgan fingerprint density at radius 1 is 1.55 bits per heavy atom. The minimum absolute atomic E-state index is 0.123. The minimum atomic E-state index is -4.26. The molecule has 1 heterocycles. The van der Waals surface area contributed by atoms with Crippen LogP contribution in [0.5, 0.6) is 0 Å². The van der Waals surface area contributed by atoms with Gasteiger partial charge < -0.3 is 5.11 Å². The first kappa shape index (κ1) is 15.6. The summed E-state index contributed by atoms with van der Waals surface area (Å²) in [6.07, 6.45) is 0. The smallest absolute Gasteiger partial charge is 0.322 e. The van der Waals surface area contributed by atoms with Crippen LogP contribution in [0.2, 0.25) is 5.02 Å². The van der Waals surface area contributed by atoms with E-state index < -0.39 is 38.1 Å². The summed E-state index contributed by atoms with van der Waals surface area (Å²) in [5, 5.41) is 8.19. The molecule has 1 aromatic rings. The number of carboxylic acid groups (broad SMARTS) is 1. The zero-order valence-electron chi connectivity index (χ0n) is 10.3. The molecule has 1 N–H and O–H groups in total. The van der Waals surface area contributed by atoms with E-state index in [1.165, 1.54) is 23.9 Å². The third-order valence-electron chi connectivity index (χ3n) is 2.92. The molecule has 2 rings (SSSR count). The fourth-order valence-electron chi connectivity index (χ4n) is 1.97. The first-order chi connectivity index (χ1) is 9.26. The number of carbonyl (C=O) groups is 1. The van der Waals surface area contributed by atoms with Crippen LogP contribution < -0.4 is 0 Å². The zero-order chi connectivity index (χ0) is 15.1. The van der Waals surface area contributed by atoms with Crippen molar-refractivity contribution in [1.82, 2.24) is 4.31 Å². The van der Waals surface area contributed by atoms with Crippen molar-refractivity contribution < 1.29 is 22.7 Å². The summed E-state index contributed by atoms with van der Waals surface area (Å²) in [6, 6.07) is 2.40. The van der Waals surface area contributed by atoms with Crippen LogP contribution >= 0.6 is 23.4 Å². The van der Waals surface area contributed by atoms with Crippen LogP contribution in [-0.2, 0) is 14.8 Å². The first-order valence-corrected chi connectivity index (χ1v) is 8.45. The van der Waals surface area contributed by atoms with E-state index in [4.69, 9.17) is 16.7 Å². The molecule has 0 aliphatic carbocycles. The van der Waals surface area contributed by atoms with Crippen LogP contribution in [0.25, 0.3) is 0 Å². The lowest BCUT2D eigenvalue weighted by Gasteiger charge is -2.24. The highest BCUT2D eigenvalue weighted by Gasteiger charge is 2.45. The van der Waals surface area contributed by atoms with Gasteiger partial charge in [0, 0.05) is 5.75 Å². The second-order valence-corrected chi connectivity index (χ2v) is 7.74. The largest absolute Gasteiger partial charge is 0.480 e. The fourth-order valence-corrected chi connectivity index (χ4v) is 5.58. The van der Waals surface area contributed by atoms with Gasteiger partial charge in [-0.25, -0.2) is 12.8 Å². The van der Waals surface area contributed by atoms with E-state index in [9.17, 15) is 17.6 Å². The van der Waals surface area contributed by atoms with Gasteiger partial charge in [-0.2, -0.15) is 4.31 Å². The second kappa shape index (κ2) is 5.51. The summed E-state index contributed by atoms with van der Waals surface area (Å²) < 4.78 is 39.7. The molecule has 0 saturated carbocycles. The van der Waals surface area contributed by atoms with Crippen molar-refractivity contribution in [3.05, 3.63) is 29.0 Å². The van der Waals surface area contributed by atoms with Crippen LogP contribution in [0.3, 0.4) is 0 Å². The predicted molar refractivity (Wildman–Crippen MR) is 73.8 cm³/mol. The number of halogens is 2. The normalized spacial score (nSPS) is 23.9. The molecular weight excluding hydrogens is 329 g/mol. The SMILES string of the molecule is CC1SCC(C(=O)O)N1S(=O)(=O)c1cccc(Cl)c1F. The lowest BCUT2D eigenvalue weighted by atomic mass is 10.3. The number of thioether (sulfide) groups is 1. The molecule has 1 aliphatic rings. The maximum Gasteiger partial charge on any atom is 0.322 e. The summed E-state index contributed by atoms with van der Waals surface area (Å²) in [6.45, 7) is 1.56. The Morgan fingerprint density at radius 2 is 2.20 bits per heavy atom. The number of carboxylic acids is 1. The molecular formula is C11H11ClFNO4S2. The van der Waals surface area contributed by atoms with Gasteiger partial charge in [-0.15, -0.1) is 11.8 Å². The van der Waals surface area contributed by atoms with Gasteiger partial charge >= 0.3 is 5.97 Å². The standard InChI is InChI=1S/C11H11ClFNO4S2/c1-6-14(8(5-19-6)11(15)16)20(17,18)9-4-2-3-7(12)10(9)13/h2-4,6,8H,5H2,1H3,(H,15,16). The van der Waals surface area contributed by atoms with Crippen molar-refractivity contribution in [2.75, 3.05) is 5.75 Å². The van der Waals surface area contributed by atoms with Gasteiger partial charge in [0.15, 0.2) is 5.82 Å². The van der Waals surface area contributed by atoms with Gasteiger partial charge in [0.2, 0.25) is 10.0 Å². The number of hydrogen-bond donors (Lipinski definition) is 1. The van der Waals surface area contributed by atoms with Gasteiger partial charge in [0.1, 0.15) is 10.9 Å². The molecule has 0 aromatic heterocycles. The van der Waals surface area contributed by atoms with E-state index in [-0.39, 0.29) is 10.8 Å². The maximum absolute atomic E-state index is 13.9. The molecule has 0 spiro atoms. The highest BCUT2D eigenvalue weighted by molar-refractivity contribution is 8.01. The molecule has 0 radical (unpaired) electrons. The van der Waals surface area contributed by atoms with E-state index in [0.29, 0.717) is 0 Å². The Morgan fingerprint density at radius 3 is 2.80 bits per heavy atom. The van der Waals surface area contributed by atoms with E-state index in [1.807, 2.05) is 0 Å². The summed E-state index contributed by atoms with van der Waals surface area (Å²) in [5.41, 5.74) is 0. The Bertz CT molecular complexity index is 652. The van der Waals surface area contributed by atoms with Crippen molar-refractivity contribution >= 4 is 39.4 Å². The van der Waals surface area contributed by atoms with Crippen molar-refractivity contribution in [3.63, 3.8) is 0 Å². The molecule has 1 saturated heterocycles. The molecule has 5 nitrogen and oxygen atoms in total. The number of sulfonamides is 1. The Balaban J connectivity index is 2.54. The molecule has 1 aromatic carbocycles. The molecule has 0 bridgehead atoms. The monoisotopic (exact) mass is 339 g/mol. The average molecular weight is 340 g/mol. The quantitative estimate of drug-likeness (QED) is 0.911. The van der Waals surface area contributed by atoms with Crippen molar-refractivity contribution in [2.45, 2.75) is 23.2 Å². The second-order valence-electron chi connectivity index (χ2n) is 4.17. The molecule has 20 heavy (non-hydrogen) atoms. The van der Waals surface area contributed by atoms with E-state index in [1.54, 1.807) is 6.92 Å².